The van der Waals surface area contributed by atoms with Gasteiger partial charge in [0, 0.05) is 31.7 Å². The van der Waals surface area contributed by atoms with E-state index in [1.165, 1.54) is 17.5 Å². The van der Waals surface area contributed by atoms with Crippen LogP contribution in [0.15, 0.2) is 18.5 Å². The van der Waals surface area contributed by atoms with Crippen LogP contribution < -0.4 is 10.2 Å². The topological polar surface area (TPSA) is 61.4 Å². The summed E-state index contributed by atoms with van der Waals surface area (Å²) in [5, 5.41) is 3.21. The number of carbonyl (C=O) groups excluding carboxylic acids is 1. The van der Waals surface area contributed by atoms with Crippen LogP contribution in [-0.2, 0) is 6.54 Å². The number of likely N-dealkylation sites (tertiary alicyclic amines) is 1. The van der Waals surface area contributed by atoms with Crippen LogP contribution in [0.4, 0.5) is 27.1 Å². The summed E-state index contributed by atoms with van der Waals surface area (Å²) in [5.74, 6) is -3.31. The molecule has 2 saturated heterocycles. The van der Waals surface area contributed by atoms with E-state index in [4.69, 9.17) is 0 Å². The van der Waals surface area contributed by atoms with Crippen LogP contribution in [0.3, 0.4) is 0 Å². The smallest absolute Gasteiger partial charge is 0.348 e. The van der Waals surface area contributed by atoms with Crippen LogP contribution in [0.1, 0.15) is 41.0 Å². The fourth-order valence-corrected chi connectivity index (χ4v) is 5.25. The second-order valence-electron chi connectivity index (χ2n) is 8.37. The molecule has 0 aromatic carbocycles. The lowest BCUT2D eigenvalue weighted by atomic mass is 9.93. The molecule has 12 heteroatoms. The van der Waals surface area contributed by atoms with E-state index in [2.05, 4.69) is 15.3 Å². The normalized spacial score (nSPS) is 20.8. The fraction of sp³-hybridized carbons (Fsp3) is 0.571. The zero-order valence-corrected chi connectivity index (χ0v) is 18.6. The van der Waals surface area contributed by atoms with Crippen molar-refractivity contribution in [2.45, 2.75) is 44.4 Å². The number of amides is 1. The minimum Gasteiger partial charge on any atom is -0.348 e. The highest BCUT2D eigenvalue weighted by atomic mass is 32.1. The number of pyridine rings is 1. The maximum atomic E-state index is 13.7. The van der Waals surface area contributed by atoms with E-state index in [0.717, 1.165) is 19.0 Å². The third-order valence-corrected chi connectivity index (χ3v) is 7.24. The Kier molecular flexibility index (Phi) is 7.13. The number of rotatable bonds is 5. The molecule has 2 fully saturated rings. The van der Waals surface area contributed by atoms with Crippen LogP contribution in [0.5, 0.6) is 0 Å². The lowest BCUT2D eigenvalue weighted by Gasteiger charge is -2.42. The molecule has 2 aromatic heterocycles. The van der Waals surface area contributed by atoms with Gasteiger partial charge >= 0.3 is 6.18 Å². The lowest BCUT2D eigenvalue weighted by molar-refractivity contribution is -0.188. The lowest BCUT2D eigenvalue weighted by Crippen LogP contribution is -2.50. The summed E-state index contributed by atoms with van der Waals surface area (Å²) in [5.41, 5.74) is -0.0676. The third-order valence-electron chi connectivity index (χ3n) is 6.18. The second-order valence-corrected chi connectivity index (χ2v) is 9.37. The number of hydrogen-bond acceptors (Lipinski definition) is 6. The van der Waals surface area contributed by atoms with E-state index in [9.17, 15) is 26.7 Å². The van der Waals surface area contributed by atoms with Crippen LogP contribution in [0.25, 0.3) is 0 Å². The third kappa shape index (κ3) is 5.78. The molecular formula is C21H24F5N5OS. The maximum absolute atomic E-state index is 13.7. The largest absolute Gasteiger partial charge is 0.393 e. The summed E-state index contributed by atoms with van der Waals surface area (Å²) in [4.78, 5) is 24.7. The molecule has 2 aromatic rings. The fourth-order valence-electron chi connectivity index (χ4n) is 4.37. The highest BCUT2D eigenvalue weighted by Gasteiger charge is 2.43. The van der Waals surface area contributed by atoms with Crippen molar-refractivity contribution in [2.24, 2.45) is 5.92 Å². The second kappa shape index (κ2) is 9.88. The Bertz CT molecular complexity index is 976. The van der Waals surface area contributed by atoms with Crippen molar-refractivity contribution in [3.63, 3.8) is 0 Å². The summed E-state index contributed by atoms with van der Waals surface area (Å²) in [6.07, 6.45) is 0.415. The molecule has 180 valence electrons. The molecule has 0 aliphatic carbocycles. The first-order valence-electron chi connectivity index (χ1n) is 10.8. The molecule has 0 bridgehead atoms. The maximum Gasteiger partial charge on any atom is 0.393 e. The summed E-state index contributed by atoms with van der Waals surface area (Å²) in [6.45, 7) is 1.88. The molecular weight excluding hydrogens is 465 g/mol. The standard InChI is InChI=1S/C21H24F5N5OS/c22-14-8-16(23)17(27-9-14)10-28-19(32)18-11-29-20(33-18)30-6-3-15(4-7-30)31-5-1-2-13(12-31)21(24,25)26/h8-9,11,13,15H,1-7,10,12H2,(H,28,32)/t13-/m0/s1. The van der Waals surface area contributed by atoms with Gasteiger partial charge in [-0.1, -0.05) is 11.3 Å². The number of anilines is 1. The van der Waals surface area contributed by atoms with Gasteiger partial charge in [0.1, 0.15) is 16.5 Å². The van der Waals surface area contributed by atoms with Crippen LogP contribution >= 0.6 is 11.3 Å². The van der Waals surface area contributed by atoms with E-state index in [-0.39, 0.29) is 31.2 Å². The van der Waals surface area contributed by atoms with Gasteiger partial charge in [0.25, 0.3) is 5.91 Å². The number of piperidine rings is 2. The molecule has 33 heavy (non-hydrogen) atoms. The van der Waals surface area contributed by atoms with Gasteiger partial charge in [-0.05, 0) is 32.2 Å². The summed E-state index contributed by atoms with van der Waals surface area (Å²) >= 11 is 1.20. The Morgan fingerprint density at radius 2 is 1.88 bits per heavy atom. The Morgan fingerprint density at radius 3 is 2.58 bits per heavy atom. The van der Waals surface area contributed by atoms with Gasteiger partial charge < -0.3 is 10.2 Å². The van der Waals surface area contributed by atoms with E-state index >= 15 is 0 Å². The van der Waals surface area contributed by atoms with Crippen LogP contribution in [0, 0.1) is 17.6 Å². The highest BCUT2D eigenvalue weighted by Crippen LogP contribution is 2.35. The van der Waals surface area contributed by atoms with Crippen LogP contribution in [0.2, 0.25) is 0 Å². The van der Waals surface area contributed by atoms with Crippen LogP contribution in [-0.4, -0.2) is 59.2 Å². The van der Waals surface area contributed by atoms with Gasteiger partial charge in [0.05, 0.1) is 30.6 Å². The number of carbonyl (C=O) groups is 1. The molecule has 0 spiro atoms. The molecule has 1 atom stereocenters. The quantitative estimate of drug-likeness (QED) is 0.644. The predicted octanol–water partition coefficient (Wildman–Crippen LogP) is 3.99. The predicted molar refractivity (Wildman–Crippen MR) is 113 cm³/mol. The van der Waals surface area contributed by atoms with Crippen molar-refractivity contribution >= 4 is 22.4 Å². The first-order chi connectivity index (χ1) is 15.7. The molecule has 4 rings (SSSR count). The summed E-state index contributed by atoms with van der Waals surface area (Å²) in [6, 6.07) is 0.822. The highest BCUT2D eigenvalue weighted by molar-refractivity contribution is 7.17. The zero-order chi connectivity index (χ0) is 23.6. The van der Waals surface area contributed by atoms with Crippen molar-refractivity contribution in [1.82, 2.24) is 20.2 Å². The van der Waals surface area contributed by atoms with Crippen molar-refractivity contribution in [3.8, 4) is 0 Å². The average molecular weight is 490 g/mol. The number of aromatic nitrogens is 2. The molecule has 0 unspecified atom stereocenters. The molecule has 0 radical (unpaired) electrons. The SMILES string of the molecule is O=C(NCc1ncc(F)cc1F)c1cnc(N2CCC(N3CCC[C@H](C(F)(F)F)C3)CC2)s1. The van der Waals surface area contributed by atoms with E-state index in [1.54, 1.807) is 0 Å². The average Bonchev–Trinajstić information content (AvgIpc) is 3.28. The zero-order valence-electron chi connectivity index (χ0n) is 17.7. The number of halogens is 5. The minimum absolute atomic E-state index is 0.0676. The van der Waals surface area contributed by atoms with Gasteiger partial charge in [-0.15, -0.1) is 0 Å². The first-order valence-corrected chi connectivity index (χ1v) is 11.6. The van der Waals surface area contributed by atoms with Crippen molar-refractivity contribution < 1.29 is 26.7 Å². The molecule has 2 aliphatic rings. The number of alkyl halides is 3. The van der Waals surface area contributed by atoms with Crippen molar-refractivity contribution in [2.75, 3.05) is 31.1 Å². The number of nitrogens with zero attached hydrogens (tertiary/aromatic N) is 4. The molecule has 0 saturated carbocycles. The number of nitrogens with one attached hydrogen (secondary N) is 1. The number of thiazole rings is 1. The Labute approximate surface area is 191 Å². The Hall–Kier alpha value is -2.34. The van der Waals surface area contributed by atoms with Gasteiger partial charge in [-0.2, -0.15) is 13.2 Å². The van der Waals surface area contributed by atoms with Gasteiger partial charge in [0.15, 0.2) is 5.13 Å². The van der Waals surface area contributed by atoms with E-state index in [0.29, 0.717) is 42.1 Å². The molecule has 1 amide bonds. The molecule has 2 aliphatic heterocycles. The summed E-state index contributed by atoms with van der Waals surface area (Å²) < 4.78 is 65.9. The Morgan fingerprint density at radius 1 is 1.12 bits per heavy atom. The minimum atomic E-state index is -4.14. The van der Waals surface area contributed by atoms with Gasteiger partial charge in [-0.3, -0.25) is 14.7 Å². The van der Waals surface area contributed by atoms with Crippen molar-refractivity contribution in [1.29, 1.82) is 0 Å². The monoisotopic (exact) mass is 489 g/mol. The summed E-state index contributed by atoms with van der Waals surface area (Å²) in [7, 11) is 0. The molecule has 4 heterocycles. The van der Waals surface area contributed by atoms with E-state index < -0.39 is 29.6 Å². The van der Waals surface area contributed by atoms with Gasteiger partial charge in [0.2, 0.25) is 0 Å². The Balaban J connectivity index is 1.28. The van der Waals surface area contributed by atoms with E-state index in [1.807, 2.05) is 9.80 Å². The number of hydrogen-bond donors (Lipinski definition) is 1. The van der Waals surface area contributed by atoms with Crippen molar-refractivity contribution in [3.05, 3.63) is 40.7 Å². The van der Waals surface area contributed by atoms with Gasteiger partial charge in [-0.25, -0.2) is 13.8 Å². The molecule has 6 nitrogen and oxygen atoms in total. The molecule has 1 N–H and O–H groups in total. The first kappa shape index (κ1) is 23.8.